The van der Waals surface area contributed by atoms with Crippen LogP contribution in [-0.2, 0) is 6.42 Å². The highest BCUT2D eigenvalue weighted by molar-refractivity contribution is 5.98. The van der Waals surface area contributed by atoms with Crippen molar-refractivity contribution in [3.05, 3.63) is 35.4 Å². The lowest BCUT2D eigenvalue weighted by Gasteiger charge is -2.21. The Morgan fingerprint density at radius 3 is 2.73 bits per heavy atom. The van der Waals surface area contributed by atoms with E-state index in [4.69, 9.17) is 0 Å². The van der Waals surface area contributed by atoms with Gasteiger partial charge in [0.15, 0.2) is 5.71 Å². The third-order valence-electron chi connectivity index (χ3n) is 3.45. The van der Waals surface area contributed by atoms with E-state index in [1.165, 1.54) is 44.3 Å². The van der Waals surface area contributed by atoms with Crippen molar-refractivity contribution < 1.29 is 28.6 Å². The fourth-order valence-electron chi connectivity index (χ4n) is 2.72. The Hall–Kier alpha value is -0.380. The Labute approximate surface area is 108 Å². The van der Waals surface area contributed by atoms with Crippen LogP contribution in [0.25, 0.3) is 0 Å². The van der Waals surface area contributed by atoms with Gasteiger partial charge >= 0.3 is 0 Å². The molecule has 1 aromatic carbocycles. The molecule has 2 aliphatic heterocycles. The summed E-state index contributed by atoms with van der Waals surface area (Å²) in [4.78, 5) is 0. The lowest BCUT2D eigenvalue weighted by molar-refractivity contribution is -0.533. The maximum Gasteiger partial charge on any atom is 0.183 e. The first-order valence-electron chi connectivity index (χ1n) is 5.64. The lowest BCUT2D eigenvalue weighted by Crippen LogP contribution is -3.00. The first-order chi connectivity index (χ1) is 6.95. The number of fused-ring (bicyclic) bond motifs is 2. The number of benzene rings is 1. The summed E-state index contributed by atoms with van der Waals surface area (Å²) < 4.78 is 2.59. The molecule has 2 aliphatic rings. The highest BCUT2D eigenvalue weighted by atomic mass is 127. The Morgan fingerprint density at radius 1 is 0.933 bits per heavy atom. The summed E-state index contributed by atoms with van der Waals surface area (Å²) in [5.41, 5.74) is 4.69. The minimum absolute atomic E-state index is 0. The van der Waals surface area contributed by atoms with Gasteiger partial charge in [-0.3, -0.25) is 0 Å². The average Bonchev–Trinajstić information content (AvgIpc) is 2.29. The van der Waals surface area contributed by atoms with Crippen LogP contribution in [0.1, 0.15) is 30.4 Å². The number of nitrogens with zero attached hydrogens (tertiary/aromatic N) is 1. The molecule has 1 aromatic rings. The van der Waals surface area contributed by atoms with Crippen molar-refractivity contribution in [2.24, 2.45) is 0 Å². The van der Waals surface area contributed by atoms with Gasteiger partial charge in [0.2, 0.25) is 0 Å². The van der Waals surface area contributed by atoms with Crippen LogP contribution in [0.2, 0.25) is 0 Å². The smallest absolute Gasteiger partial charge is 0.183 e. The summed E-state index contributed by atoms with van der Waals surface area (Å²) in [5, 5.41) is 0. The first kappa shape index (κ1) is 11.1. The molecule has 15 heavy (non-hydrogen) atoms. The van der Waals surface area contributed by atoms with E-state index in [0.717, 1.165) is 0 Å². The Bertz CT molecular complexity index is 395. The molecule has 0 unspecified atom stereocenters. The van der Waals surface area contributed by atoms with E-state index in [-0.39, 0.29) is 24.0 Å². The Balaban J connectivity index is 0.000000853. The number of rotatable bonds is 0. The van der Waals surface area contributed by atoms with Crippen LogP contribution in [0.3, 0.4) is 0 Å². The summed E-state index contributed by atoms with van der Waals surface area (Å²) in [7, 11) is 0. The second-order valence-electron chi connectivity index (χ2n) is 4.30. The second-order valence-corrected chi connectivity index (χ2v) is 4.30. The zero-order chi connectivity index (χ0) is 9.38. The predicted octanol–water partition coefficient (Wildman–Crippen LogP) is -0.768. The Kier molecular flexibility index (Phi) is 3.44. The standard InChI is InChI=1S/C13H16N.HI/c1-2-6-12-11(5-1)8-10-14-9-4-3-7-13(12)14;/h1-2,5-6H,3-4,7-10H2;1H/q+1;/p-1. The molecule has 2 heteroatoms. The predicted molar refractivity (Wildman–Crippen MR) is 58.1 cm³/mol. The molecule has 3 rings (SSSR count). The molecule has 1 nitrogen and oxygen atoms in total. The van der Waals surface area contributed by atoms with E-state index in [1.807, 2.05) is 0 Å². The second kappa shape index (κ2) is 4.64. The van der Waals surface area contributed by atoms with Crippen LogP contribution in [0.5, 0.6) is 0 Å². The molecular formula is C13H16IN. The molecule has 2 heterocycles. The van der Waals surface area contributed by atoms with Crippen LogP contribution < -0.4 is 24.0 Å². The van der Waals surface area contributed by atoms with E-state index >= 15 is 0 Å². The van der Waals surface area contributed by atoms with Gasteiger partial charge in [0, 0.05) is 24.8 Å². The fourth-order valence-corrected chi connectivity index (χ4v) is 2.72. The van der Waals surface area contributed by atoms with Crippen molar-refractivity contribution in [3.63, 3.8) is 0 Å². The SMILES string of the molecule is [I-].c1ccc2c(c1)CC[N+]1=C2CCCC1. The minimum atomic E-state index is 0. The van der Waals surface area contributed by atoms with Gasteiger partial charge in [-0.2, -0.15) is 0 Å². The van der Waals surface area contributed by atoms with E-state index in [0.29, 0.717) is 0 Å². The summed E-state index contributed by atoms with van der Waals surface area (Å²) in [6, 6.07) is 8.91. The molecular weight excluding hydrogens is 297 g/mol. The molecule has 0 atom stereocenters. The van der Waals surface area contributed by atoms with E-state index in [2.05, 4.69) is 28.8 Å². The van der Waals surface area contributed by atoms with Gasteiger partial charge in [0.1, 0.15) is 13.1 Å². The van der Waals surface area contributed by atoms with Gasteiger partial charge in [0.05, 0.1) is 0 Å². The number of hydrogen-bond acceptors (Lipinski definition) is 0. The Morgan fingerprint density at radius 2 is 1.80 bits per heavy atom. The van der Waals surface area contributed by atoms with Gasteiger partial charge in [-0.1, -0.05) is 18.2 Å². The topological polar surface area (TPSA) is 3.01 Å². The van der Waals surface area contributed by atoms with Crippen molar-refractivity contribution in [1.82, 2.24) is 0 Å². The van der Waals surface area contributed by atoms with Crippen LogP contribution in [0.15, 0.2) is 24.3 Å². The zero-order valence-electron chi connectivity index (χ0n) is 8.88. The molecule has 0 bridgehead atoms. The van der Waals surface area contributed by atoms with Crippen molar-refractivity contribution in [1.29, 1.82) is 0 Å². The average molecular weight is 313 g/mol. The van der Waals surface area contributed by atoms with E-state index in [9.17, 15) is 0 Å². The molecule has 0 aromatic heterocycles. The first-order valence-corrected chi connectivity index (χ1v) is 5.64. The molecule has 80 valence electrons. The largest absolute Gasteiger partial charge is 1.00 e. The zero-order valence-corrected chi connectivity index (χ0v) is 11.0. The van der Waals surface area contributed by atoms with Gasteiger partial charge in [-0.15, -0.1) is 0 Å². The van der Waals surface area contributed by atoms with Gasteiger partial charge in [-0.05, 0) is 18.1 Å². The molecule has 0 radical (unpaired) electrons. The fraction of sp³-hybridized carbons (Fsp3) is 0.462. The maximum atomic E-state index is 2.59. The summed E-state index contributed by atoms with van der Waals surface area (Å²) >= 11 is 0. The molecule has 0 spiro atoms. The highest BCUT2D eigenvalue weighted by Crippen LogP contribution is 2.21. The van der Waals surface area contributed by atoms with Gasteiger partial charge in [0.25, 0.3) is 0 Å². The monoisotopic (exact) mass is 313 g/mol. The highest BCUT2D eigenvalue weighted by Gasteiger charge is 2.26. The van der Waals surface area contributed by atoms with Crippen LogP contribution in [-0.4, -0.2) is 23.4 Å². The summed E-state index contributed by atoms with van der Waals surface area (Å²) in [5.74, 6) is 0. The van der Waals surface area contributed by atoms with Crippen LogP contribution >= 0.6 is 0 Å². The maximum absolute atomic E-state index is 2.59. The van der Waals surface area contributed by atoms with Crippen molar-refractivity contribution in [2.75, 3.05) is 13.1 Å². The lowest BCUT2D eigenvalue weighted by atomic mass is 9.92. The third-order valence-corrected chi connectivity index (χ3v) is 3.45. The molecule has 0 fully saturated rings. The molecule has 0 aliphatic carbocycles. The van der Waals surface area contributed by atoms with Gasteiger partial charge in [-0.25, -0.2) is 4.58 Å². The van der Waals surface area contributed by atoms with Gasteiger partial charge < -0.3 is 24.0 Å². The molecule has 0 amide bonds. The number of halogens is 1. The van der Waals surface area contributed by atoms with Crippen LogP contribution in [0, 0.1) is 0 Å². The van der Waals surface area contributed by atoms with Crippen LogP contribution in [0.4, 0.5) is 0 Å². The molecule has 0 N–H and O–H groups in total. The minimum Gasteiger partial charge on any atom is -1.00 e. The number of hydrogen-bond donors (Lipinski definition) is 0. The summed E-state index contributed by atoms with van der Waals surface area (Å²) in [6.45, 7) is 2.52. The molecule has 0 saturated heterocycles. The normalized spacial score (nSPS) is 18.9. The summed E-state index contributed by atoms with van der Waals surface area (Å²) in [6.07, 6.45) is 5.28. The van der Waals surface area contributed by atoms with E-state index in [1.54, 1.807) is 11.3 Å². The molecule has 0 saturated carbocycles. The van der Waals surface area contributed by atoms with Crippen molar-refractivity contribution in [3.8, 4) is 0 Å². The van der Waals surface area contributed by atoms with Crippen molar-refractivity contribution in [2.45, 2.75) is 25.7 Å². The third kappa shape index (κ3) is 1.96. The van der Waals surface area contributed by atoms with E-state index < -0.39 is 0 Å². The quantitative estimate of drug-likeness (QED) is 0.437. The van der Waals surface area contributed by atoms with Crippen molar-refractivity contribution >= 4 is 5.71 Å².